The fourth-order valence-corrected chi connectivity index (χ4v) is 2.60. The molecular weight excluding hydrogens is 254 g/mol. The number of aromatic nitrogens is 2. The summed E-state index contributed by atoms with van der Waals surface area (Å²) in [5, 5.41) is 11.0. The predicted molar refractivity (Wildman–Crippen MR) is 77.2 cm³/mol. The average Bonchev–Trinajstić information content (AvgIpc) is 2.92. The zero-order chi connectivity index (χ0) is 13.9. The predicted octanol–water partition coefficient (Wildman–Crippen LogP) is 2.13. The number of hydrogen-bond acceptors (Lipinski definition) is 4. The molecule has 2 aromatic rings. The lowest BCUT2D eigenvalue weighted by Gasteiger charge is -2.16. The van der Waals surface area contributed by atoms with E-state index in [4.69, 9.17) is 9.47 Å². The van der Waals surface area contributed by atoms with Gasteiger partial charge in [0.15, 0.2) is 11.5 Å². The van der Waals surface area contributed by atoms with Crippen LogP contribution < -0.4 is 14.8 Å². The first kappa shape index (κ1) is 13.0. The summed E-state index contributed by atoms with van der Waals surface area (Å²) in [4.78, 5) is 0. The van der Waals surface area contributed by atoms with Gasteiger partial charge in [0.25, 0.3) is 0 Å². The molecule has 1 aromatic heterocycles. The maximum atomic E-state index is 5.77. The molecule has 1 aromatic carbocycles. The number of para-hydroxylation sites is 1. The minimum absolute atomic E-state index is 0.595. The van der Waals surface area contributed by atoms with Crippen molar-refractivity contribution in [1.82, 2.24) is 15.5 Å². The van der Waals surface area contributed by atoms with Crippen LogP contribution in [0.4, 0.5) is 0 Å². The van der Waals surface area contributed by atoms with Crippen molar-refractivity contribution in [3.63, 3.8) is 0 Å². The maximum absolute atomic E-state index is 5.77. The van der Waals surface area contributed by atoms with Gasteiger partial charge in [-0.15, -0.1) is 0 Å². The standard InChI is InChI=1S/C15H19N3O2/c1-3-20-15-10(5-4-6-13(15)19-2)14-11-9-16-8-7-12(11)17-18-14/h4-6,16H,3,7-9H2,1-2H3,(H,17,18). The van der Waals surface area contributed by atoms with Crippen LogP contribution in [0.3, 0.4) is 0 Å². The second kappa shape index (κ2) is 5.54. The molecule has 106 valence electrons. The van der Waals surface area contributed by atoms with Gasteiger partial charge in [-0.05, 0) is 19.1 Å². The van der Waals surface area contributed by atoms with Gasteiger partial charge in [0.05, 0.1) is 13.7 Å². The lowest BCUT2D eigenvalue weighted by atomic mass is 10.0. The van der Waals surface area contributed by atoms with Crippen LogP contribution in [0, 0.1) is 0 Å². The van der Waals surface area contributed by atoms with Crippen molar-refractivity contribution >= 4 is 0 Å². The van der Waals surface area contributed by atoms with Crippen LogP contribution in [0.15, 0.2) is 18.2 Å². The highest BCUT2D eigenvalue weighted by molar-refractivity contribution is 5.74. The van der Waals surface area contributed by atoms with Crippen LogP contribution in [0.1, 0.15) is 18.2 Å². The van der Waals surface area contributed by atoms with Gasteiger partial charge in [-0.25, -0.2) is 0 Å². The molecule has 0 atom stereocenters. The maximum Gasteiger partial charge on any atom is 0.170 e. The molecular formula is C15H19N3O2. The van der Waals surface area contributed by atoms with Crippen molar-refractivity contribution in [3.05, 3.63) is 29.5 Å². The summed E-state index contributed by atoms with van der Waals surface area (Å²) in [5.41, 5.74) is 4.37. The van der Waals surface area contributed by atoms with Crippen LogP contribution in [-0.2, 0) is 13.0 Å². The summed E-state index contributed by atoms with van der Waals surface area (Å²) in [6.45, 7) is 4.39. The molecule has 2 heterocycles. The lowest BCUT2D eigenvalue weighted by Crippen LogP contribution is -2.23. The third-order valence-electron chi connectivity index (χ3n) is 3.55. The van der Waals surface area contributed by atoms with Gasteiger partial charge < -0.3 is 14.8 Å². The van der Waals surface area contributed by atoms with Gasteiger partial charge in [0.2, 0.25) is 0 Å². The molecule has 3 rings (SSSR count). The van der Waals surface area contributed by atoms with Crippen molar-refractivity contribution in [3.8, 4) is 22.8 Å². The summed E-state index contributed by atoms with van der Waals surface area (Å²) in [6, 6.07) is 5.90. The van der Waals surface area contributed by atoms with Gasteiger partial charge in [0.1, 0.15) is 5.69 Å². The van der Waals surface area contributed by atoms with E-state index >= 15 is 0 Å². The molecule has 0 saturated carbocycles. The zero-order valence-corrected chi connectivity index (χ0v) is 11.8. The first-order valence-corrected chi connectivity index (χ1v) is 6.92. The normalized spacial score (nSPS) is 13.9. The molecule has 0 saturated heterocycles. The van der Waals surface area contributed by atoms with Crippen LogP contribution in [0.5, 0.6) is 11.5 Å². The summed E-state index contributed by atoms with van der Waals surface area (Å²) in [6.07, 6.45) is 0.982. The van der Waals surface area contributed by atoms with E-state index in [9.17, 15) is 0 Å². The monoisotopic (exact) mass is 273 g/mol. The van der Waals surface area contributed by atoms with Gasteiger partial charge >= 0.3 is 0 Å². The molecule has 5 nitrogen and oxygen atoms in total. The summed E-state index contributed by atoms with van der Waals surface area (Å²) < 4.78 is 11.2. The van der Waals surface area contributed by atoms with Crippen molar-refractivity contribution in [1.29, 1.82) is 0 Å². The fourth-order valence-electron chi connectivity index (χ4n) is 2.60. The Morgan fingerprint density at radius 2 is 2.25 bits per heavy atom. The van der Waals surface area contributed by atoms with E-state index in [1.807, 2.05) is 25.1 Å². The molecule has 20 heavy (non-hydrogen) atoms. The lowest BCUT2D eigenvalue weighted by molar-refractivity contribution is 0.312. The van der Waals surface area contributed by atoms with Crippen molar-refractivity contribution < 1.29 is 9.47 Å². The highest BCUT2D eigenvalue weighted by Crippen LogP contribution is 2.39. The van der Waals surface area contributed by atoms with E-state index in [1.54, 1.807) is 7.11 Å². The van der Waals surface area contributed by atoms with Crippen LogP contribution in [0.2, 0.25) is 0 Å². The van der Waals surface area contributed by atoms with E-state index in [0.29, 0.717) is 6.61 Å². The quantitative estimate of drug-likeness (QED) is 0.896. The number of rotatable bonds is 4. The molecule has 0 spiro atoms. The average molecular weight is 273 g/mol. The zero-order valence-electron chi connectivity index (χ0n) is 11.8. The van der Waals surface area contributed by atoms with Gasteiger partial charge in [-0.3, -0.25) is 5.10 Å². The number of nitrogens with zero attached hydrogens (tertiary/aromatic N) is 1. The Labute approximate surface area is 118 Å². The topological polar surface area (TPSA) is 59.2 Å². The number of H-pyrrole nitrogens is 1. The molecule has 5 heteroatoms. The first-order chi connectivity index (χ1) is 9.85. The number of fused-ring (bicyclic) bond motifs is 1. The van der Waals surface area contributed by atoms with E-state index in [2.05, 4.69) is 15.5 Å². The number of benzene rings is 1. The number of aromatic amines is 1. The molecule has 0 bridgehead atoms. The first-order valence-electron chi connectivity index (χ1n) is 6.92. The Morgan fingerprint density at radius 3 is 3.05 bits per heavy atom. The van der Waals surface area contributed by atoms with E-state index < -0.39 is 0 Å². The van der Waals surface area contributed by atoms with Crippen LogP contribution >= 0.6 is 0 Å². The second-order valence-electron chi connectivity index (χ2n) is 4.73. The SMILES string of the molecule is CCOc1c(OC)cccc1-c1n[nH]c2c1CNCC2. The third-order valence-corrected chi connectivity index (χ3v) is 3.55. The smallest absolute Gasteiger partial charge is 0.170 e. The minimum atomic E-state index is 0.595. The Hall–Kier alpha value is -2.01. The van der Waals surface area contributed by atoms with Crippen molar-refractivity contribution in [2.24, 2.45) is 0 Å². The summed E-state index contributed by atoms with van der Waals surface area (Å²) >= 11 is 0. The number of methoxy groups -OCH3 is 1. The molecule has 0 aliphatic carbocycles. The molecule has 0 amide bonds. The Kier molecular flexibility index (Phi) is 3.60. The van der Waals surface area contributed by atoms with Gasteiger partial charge in [-0.1, -0.05) is 6.07 Å². The molecule has 0 fully saturated rings. The third kappa shape index (κ3) is 2.14. The van der Waals surface area contributed by atoms with Gasteiger partial charge in [-0.2, -0.15) is 5.10 Å². The largest absolute Gasteiger partial charge is 0.493 e. The Balaban J connectivity index is 2.12. The second-order valence-corrected chi connectivity index (χ2v) is 4.73. The molecule has 1 aliphatic heterocycles. The molecule has 1 aliphatic rings. The van der Waals surface area contributed by atoms with E-state index in [-0.39, 0.29) is 0 Å². The van der Waals surface area contributed by atoms with Crippen LogP contribution in [-0.4, -0.2) is 30.5 Å². The van der Waals surface area contributed by atoms with Crippen molar-refractivity contribution in [2.45, 2.75) is 19.9 Å². The summed E-state index contributed by atoms with van der Waals surface area (Å²) in [7, 11) is 1.66. The highest BCUT2D eigenvalue weighted by Gasteiger charge is 2.21. The Bertz CT molecular complexity index is 607. The number of ether oxygens (including phenoxy) is 2. The molecule has 0 unspecified atom stereocenters. The minimum Gasteiger partial charge on any atom is -0.493 e. The van der Waals surface area contributed by atoms with Gasteiger partial charge in [0, 0.05) is 36.3 Å². The highest BCUT2D eigenvalue weighted by atomic mass is 16.5. The Morgan fingerprint density at radius 1 is 1.35 bits per heavy atom. The summed E-state index contributed by atoms with van der Waals surface area (Å²) in [5.74, 6) is 1.50. The number of hydrogen-bond donors (Lipinski definition) is 2. The molecule has 0 radical (unpaired) electrons. The van der Waals surface area contributed by atoms with Crippen molar-refractivity contribution in [2.75, 3.05) is 20.3 Å². The number of nitrogens with one attached hydrogen (secondary N) is 2. The van der Waals surface area contributed by atoms with Crippen LogP contribution in [0.25, 0.3) is 11.3 Å². The van der Waals surface area contributed by atoms with E-state index in [1.165, 1.54) is 11.3 Å². The molecule has 2 N–H and O–H groups in total. The fraction of sp³-hybridized carbons (Fsp3) is 0.400. The van der Waals surface area contributed by atoms with E-state index in [0.717, 1.165) is 42.3 Å².